The van der Waals surface area contributed by atoms with E-state index in [2.05, 4.69) is 15.3 Å². The summed E-state index contributed by atoms with van der Waals surface area (Å²) in [4.78, 5) is 28.6. The lowest BCUT2D eigenvalue weighted by atomic mass is 10.3. The number of alkyl halides is 3. The van der Waals surface area contributed by atoms with E-state index in [4.69, 9.17) is 0 Å². The monoisotopic (exact) mass is 346 g/mol. The first-order valence-electron chi connectivity index (χ1n) is 6.07. The van der Waals surface area contributed by atoms with Crippen LogP contribution in [0, 0.1) is 24.0 Å². The lowest BCUT2D eigenvalue weighted by Crippen LogP contribution is -2.18. The molecule has 2 aromatic heterocycles. The van der Waals surface area contributed by atoms with Crippen molar-refractivity contribution in [2.24, 2.45) is 0 Å². The molecule has 0 atom stereocenters. The summed E-state index contributed by atoms with van der Waals surface area (Å²) in [6.07, 6.45) is -4.80. The molecule has 0 radical (unpaired) electrons. The van der Waals surface area contributed by atoms with Crippen molar-refractivity contribution in [2.75, 3.05) is 5.32 Å². The van der Waals surface area contributed by atoms with Crippen molar-refractivity contribution in [1.29, 1.82) is 0 Å². The molecule has 2 heterocycles. The molecule has 2 aromatic rings. The van der Waals surface area contributed by atoms with Gasteiger partial charge in [0.25, 0.3) is 5.91 Å². The van der Waals surface area contributed by atoms with Crippen LogP contribution in [-0.2, 0) is 6.18 Å². The van der Waals surface area contributed by atoms with Gasteiger partial charge in [0, 0.05) is 11.8 Å². The average molecular weight is 346 g/mol. The third kappa shape index (κ3) is 3.62. The lowest BCUT2D eigenvalue weighted by molar-refractivity contribution is -0.384. The van der Waals surface area contributed by atoms with Crippen molar-refractivity contribution in [2.45, 2.75) is 20.0 Å². The molecule has 1 amide bonds. The molecule has 23 heavy (non-hydrogen) atoms. The third-order valence-corrected chi connectivity index (χ3v) is 3.62. The largest absolute Gasteiger partial charge is 0.435 e. The zero-order valence-corrected chi connectivity index (χ0v) is 12.6. The maximum Gasteiger partial charge on any atom is 0.435 e. The fraction of sp³-hybridized carbons (Fsp3) is 0.250. The van der Waals surface area contributed by atoms with Gasteiger partial charge in [-0.1, -0.05) is 0 Å². The molecule has 0 fully saturated rings. The molecule has 7 nitrogen and oxygen atoms in total. The van der Waals surface area contributed by atoms with Crippen LogP contribution in [0.25, 0.3) is 0 Å². The number of pyridine rings is 1. The summed E-state index contributed by atoms with van der Waals surface area (Å²) in [7, 11) is 0. The Morgan fingerprint density at radius 1 is 1.30 bits per heavy atom. The standard InChI is InChI=1S/C12H9F3N4O3S/c1-5-3-4-7(19(21)22)10(16-5)18-11(20)8-9(12(13,14)15)17-6(2)23-8/h3-4H,1-2H3,(H,16,18,20). The van der Waals surface area contributed by atoms with E-state index in [1.54, 1.807) is 0 Å². The molecule has 1 N–H and O–H groups in total. The Morgan fingerprint density at radius 2 is 1.96 bits per heavy atom. The van der Waals surface area contributed by atoms with E-state index in [0.29, 0.717) is 17.0 Å². The molecular formula is C12H9F3N4O3S. The van der Waals surface area contributed by atoms with Gasteiger partial charge >= 0.3 is 11.9 Å². The topological polar surface area (TPSA) is 98.0 Å². The predicted octanol–water partition coefficient (Wildman–Crippen LogP) is 3.33. The minimum absolute atomic E-state index is 0.0502. The fourth-order valence-corrected chi connectivity index (χ4v) is 2.56. The molecule has 122 valence electrons. The van der Waals surface area contributed by atoms with Crippen molar-refractivity contribution >= 4 is 28.7 Å². The van der Waals surface area contributed by atoms with E-state index in [1.165, 1.54) is 19.9 Å². The summed E-state index contributed by atoms with van der Waals surface area (Å²) >= 11 is 0.546. The van der Waals surface area contributed by atoms with Crippen LogP contribution >= 0.6 is 11.3 Å². The number of hydrogen-bond donors (Lipinski definition) is 1. The molecule has 0 unspecified atom stereocenters. The van der Waals surface area contributed by atoms with Gasteiger partial charge in [-0.25, -0.2) is 9.97 Å². The maximum atomic E-state index is 12.9. The molecule has 0 spiro atoms. The zero-order valence-electron chi connectivity index (χ0n) is 11.8. The van der Waals surface area contributed by atoms with Crippen LogP contribution in [0.1, 0.15) is 26.1 Å². The number of carbonyl (C=O) groups is 1. The Balaban J connectivity index is 2.41. The summed E-state index contributed by atoms with van der Waals surface area (Å²) in [6.45, 7) is 2.85. The van der Waals surface area contributed by atoms with Crippen LogP contribution in [0.3, 0.4) is 0 Å². The van der Waals surface area contributed by atoms with Gasteiger partial charge in [0.05, 0.1) is 9.93 Å². The third-order valence-electron chi connectivity index (χ3n) is 2.65. The van der Waals surface area contributed by atoms with Crippen molar-refractivity contribution in [3.8, 4) is 0 Å². The number of aromatic nitrogens is 2. The van der Waals surface area contributed by atoms with Crippen molar-refractivity contribution in [3.63, 3.8) is 0 Å². The molecule has 0 aliphatic heterocycles. The highest BCUT2D eigenvalue weighted by Gasteiger charge is 2.39. The SMILES string of the molecule is Cc1ccc([N+](=O)[O-])c(NC(=O)c2sc(C)nc2C(F)(F)F)n1. The first kappa shape index (κ1) is 16.8. The van der Waals surface area contributed by atoms with Gasteiger partial charge in [0.1, 0.15) is 4.88 Å². The fourth-order valence-electron chi connectivity index (χ4n) is 1.73. The number of thiazole rings is 1. The first-order valence-corrected chi connectivity index (χ1v) is 6.89. The lowest BCUT2D eigenvalue weighted by Gasteiger charge is -2.07. The second kappa shape index (κ2) is 5.91. The Morgan fingerprint density at radius 3 is 2.52 bits per heavy atom. The number of nitrogens with zero attached hydrogens (tertiary/aromatic N) is 3. The minimum Gasteiger partial charge on any atom is -0.300 e. The van der Waals surface area contributed by atoms with E-state index in [0.717, 1.165) is 6.07 Å². The highest BCUT2D eigenvalue weighted by atomic mass is 32.1. The quantitative estimate of drug-likeness (QED) is 0.679. The molecule has 0 aliphatic rings. The Kier molecular flexibility index (Phi) is 4.32. The number of halogens is 3. The summed E-state index contributed by atoms with van der Waals surface area (Å²) in [5, 5.41) is 13.0. The summed E-state index contributed by atoms with van der Waals surface area (Å²) < 4.78 is 38.6. The number of aryl methyl sites for hydroxylation is 2. The minimum atomic E-state index is -4.80. The summed E-state index contributed by atoms with van der Waals surface area (Å²) in [5.41, 5.74) is -1.48. The maximum absolute atomic E-state index is 12.9. The highest BCUT2D eigenvalue weighted by Crippen LogP contribution is 2.35. The Bertz CT molecular complexity index is 788. The van der Waals surface area contributed by atoms with E-state index >= 15 is 0 Å². The van der Waals surface area contributed by atoms with Gasteiger partial charge in [0.2, 0.25) is 5.82 Å². The van der Waals surface area contributed by atoms with Crippen molar-refractivity contribution in [1.82, 2.24) is 9.97 Å². The number of nitro groups is 1. The van der Waals surface area contributed by atoms with Gasteiger partial charge < -0.3 is 0 Å². The molecule has 0 aromatic carbocycles. The number of rotatable bonds is 3. The van der Waals surface area contributed by atoms with Gasteiger partial charge in [-0.3, -0.25) is 20.2 Å². The van der Waals surface area contributed by atoms with Crippen LogP contribution in [0.2, 0.25) is 0 Å². The number of carbonyl (C=O) groups excluding carboxylic acids is 1. The molecule has 2 rings (SSSR count). The normalized spacial score (nSPS) is 11.3. The van der Waals surface area contributed by atoms with Crippen molar-refractivity contribution in [3.05, 3.63) is 43.5 Å². The Labute approximate surface area is 131 Å². The van der Waals surface area contributed by atoms with Crippen LogP contribution in [0.15, 0.2) is 12.1 Å². The van der Waals surface area contributed by atoms with Gasteiger partial charge in [0.15, 0.2) is 5.69 Å². The zero-order chi connectivity index (χ0) is 17.4. The molecule has 0 bridgehead atoms. The second-order valence-corrected chi connectivity index (χ2v) is 5.64. The molecule has 11 heteroatoms. The second-order valence-electron chi connectivity index (χ2n) is 4.44. The van der Waals surface area contributed by atoms with Crippen LogP contribution < -0.4 is 5.32 Å². The van der Waals surface area contributed by atoms with Gasteiger partial charge in [-0.15, -0.1) is 11.3 Å². The number of nitrogens with one attached hydrogen (secondary N) is 1. The smallest absolute Gasteiger partial charge is 0.300 e. The predicted molar refractivity (Wildman–Crippen MR) is 75.4 cm³/mol. The molecule has 0 saturated heterocycles. The molecule has 0 aliphatic carbocycles. The van der Waals surface area contributed by atoms with E-state index in [-0.39, 0.29) is 5.01 Å². The van der Waals surface area contributed by atoms with Gasteiger partial charge in [-0.05, 0) is 19.9 Å². The summed E-state index contributed by atoms with van der Waals surface area (Å²) in [6, 6.07) is 2.46. The number of amides is 1. The Hall–Kier alpha value is -2.56. The van der Waals surface area contributed by atoms with Crippen LogP contribution in [-0.4, -0.2) is 20.8 Å². The number of hydrogen-bond acceptors (Lipinski definition) is 6. The average Bonchev–Trinajstić information content (AvgIpc) is 2.80. The van der Waals surface area contributed by atoms with Crippen molar-refractivity contribution < 1.29 is 22.9 Å². The van der Waals surface area contributed by atoms with Crippen LogP contribution in [0.4, 0.5) is 24.7 Å². The molecular weight excluding hydrogens is 337 g/mol. The van der Waals surface area contributed by atoms with E-state index in [9.17, 15) is 28.1 Å². The molecule has 0 saturated carbocycles. The van der Waals surface area contributed by atoms with Crippen LogP contribution in [0.5, 0.6) is 0 Å². The summed E-state index contributed by atoms with van der Waals surface area (Å²) in [5.74, 6) is -1.57. The van der Waals surface area contributed by atoms with E-state index in [1.807, 2.05) is 0 Å². The van der Waals surface area contributed by atoms with Gasteiger partial charge in [-0.2, -0.15) is 13.2 Å². The first-order chi connectivity index (χ1) is 10.6. The number of anilines is 1. The van der Waals surface area contributed by atoms with E-state index < -0.39 is 39.1 Å². The highest BCUT2D eigenvalue weighted by molar-refractivity contribution is 7.13.